The molecule has 0 radical (unpaired) electrons. The molecule has 2 aromatic rings. The summed E-state index contributed by atoms with van der Waals surface area (Å²) < 4.78 is 7.77. The highest BCUT2D eigenvalue weighted by atomic mass is 16.6. The molecule has 0 saturated carbocycles. The SMILES string of the molecule is c1ccc2c(c1)cc1n2CCN(CC2CO2)C1. The van der Waals surface area contributed by atoms with E-state index in [-0.39, 0.29) is 0 Å². The summed E-state index contributed by atoms with van der Waals surface area (Å²) in [4.78, 5) is 2.51. The lowest BCUT2D eigenvalue weighted by Gasteiger charge is -2.28. The normalized spacial score (nSPS) is 23.9. The quantitative estimate of drug-likeness (QED) is 0.731. The van der Waals surface area contributed by atoms with Crippen LogP contribution >= 0.6 is 0 Å². The maximum atomic E-state index is 5.31. The molecule has 0 spiro atoms. The molecule has 3 heteroatoms. The Morgan fingerprint density at radius 3 is 3.00 bits per heavy atom. The van der Waals surface area contributed by atoms with E-state index in [1.54, 1.807) is 0 Å². The second kappa shape index (κ2) is 3.59. The van der Waals surface area contributed by atoms with Crippen LogP contribution in [-0.2, 0) is 17.8 Å². The van der Waals surface area contributed by atoms with Crippen molar-refractivity contribution >= 4 is 10.9 Å². The topological polar surface area (TPSA) is 20.7 Å². The van der Waals surface area contributed by atoms with Gasteiger partial charge in [0, 0.05) is 37.4 Å². The van der Waals surface area contributed by atoms with E-state index in [2.05, 4.69) is 39.8 Å². The lowest BCUT2D eigenvalue weighted by molar-refractivity contribution is 0.202. The number of hydrogen-bond donors (Lipinski definition) is 0. The molecule has 4 rings (SSSR count). The minimum Gasteiger partial charge on any atom is -0.372 e. The second-order valence-electron chi connectivity index (χ2n) is 5.04. The van der Waals surface area contributed by atoms with Crippen LogP contribution in [0.2, 0.25) is 0 Å². The van der Waals surface area contributed by atoms with E-state index in [0.29, 0.717) is 6.10 Å². The standard InChI is InChI=1S/C14H16N2O/c1-2-4-14-11(3-1)7-12-8-15(5-6-16(12)14)9-13-10-17-13/h1-4,7,13H,5-6,8-10H2. The fourth-order valence-electron chi connectivity index (χ4n) is 2.83. The number of benzene rings is 1. The van der Waals surface area contributed by atoms with Crippen LogP contribution in [0.25, 0.3) is 10.9 Å². The summed E-state index contributed by atoms with van der Waals surface area (Å²) in [5.41, 5.74) is 2.82. The largest absolute Gasteiger partial charge is 0.372 e. The van der Waals surface area contributed by atoms with E-state index in [4.69, 9.17) is 4.74 Å². The van der Waals surface area contributed by atoms with Gasteiger partial charge >= 0.3 is 0 Å². The Balaban J connectivity index is 1.67. The molecular formula is C14H16N2O. The molecule has 0 amide bonds. The second-order valence-corrected chi connectivity index (χ2v) is 5.04. The van der Waals surface area contributed by atoms with Gasteiger partial charge in [0.05, 0.1) is 12.7 Å². The number of ether oxygens (including phenoxy) is 1. The molecule has 0 aliphatic carbocycles. The minimum atomic E-state index is 0.505. The van der Waals surface area contributed by atoms with Crippen molar-refractivity contribution in [2.45, 2.75) is 19.2 Å². The van der Waals surface area contributed by atoms with E-state index in [1.165, 1.54) is 16.6 Å². The first-order valence-electron chi connectivity index (χ1n) is 6.31. The predicted molar refractivity (Wildman–Crippen MR) is 67.0 cm³/mol. The fraction of sp³-hybridized carbons (Fsp3) is 0.429. The highest BCUT2D eigenvalue weighted by Crippen LogP contribution is 2.24. The van der Waals surface area contributed by atoms with Gasteiger partial charge in [-0.15, -0.1) is 0 Å². The summed E-state index contributed by atoms with van der Waals surface area (Å²) in [6.45, 7) is 5.37. The Kier molecular flexibility index (Phi) is 2.04. The summed E-state index contributed by atoms with van der Waals surface area (Å²) in [5.74, 6) is 0. The maximum Gasteiger partial charge on any atom is 0.0936 e. The number of epoxide rings is 1. The lowest BCUT2D eigenvalue weighted by Crippen LogP contribution is -2.35. The van der Waals surface area contributed by atoms with Crippen molar-refractivity contribution < 1.29 is 4.74 Å². The van der Waals surface area contributed by atoms with Crippen molar-refractivity contribution in [3.8, 4) is 0 Å². The summed E-state index contributed by atoms with van der Waals surface area (Å²) in [6, 6.07) is 11.0. The Labute approximate surface area is 101 Å². The van der Waals surface area contributed by atoms with E-state index in [1.807, 2.05) is 0 Å². The summed E-state index contributed by atoms with van der Waals surface area (Å²) >= 11 is 0. The van der Waals surface area contributed by atoms with Crippen LogP contribution in [0.5, 0.6) is 0 Å². The van der Waals surface area contributed by atoms with Gasteiger partial charge in [0.25, 0.3) is 0 Å². The number of para-hydroxylation sites is 1. The van der Waals surface area contributed by atoms with Crippen molar-refractivity contribution in [2.75, 3.05) is 19.7 Å². The predicted octanol–water partition coefficient (Wildman–Crippen LogP) is 1.86. The van der Waals surface area contributed by atoms with Crippen LogP contribution in [-0.4, -0.2) is 35.3 Å². The van der Waals surface area contributed by atoms with Gasteiger partial charge in [-0.05, 0) is 17.5 Å². The van der Waals surface area contributed by atoms with Gasteiger partial charge in [-0.25, -0.2) is 0 Å². The Hall–Kier alpha value is -1.32. The third-order valence-electron chi connectivity index (χ3n) is 3.79. The van der Waals surface area contributed by atoms with Gasteiger partial charge in [-0.2, -0.15) is 0 Å². The Morgan fingerprint density at radius 1 is 1.24 bits per heavy atom. The smallest absolute Gasteiger partial charge is 0.0936 e. The van der Waals surface area contributed by atoms with Gasteiger partial charge in [-0.1, -0.05) is 18.2 Å². The highest BCUT2D eigenvalue weighted by Gasteiger charge is 2.27. The molecule has 1 atom stereocenters. The zero-order valence-electron chi connectivity index (χ0n) is 9.80. The molecule has 1 aromatic heterocycles. The van der Waals surface area contributed by atoms with Gasteiger partial charge < -0.3 is 9.30 Å². The van der Waals surface area contributed by atoms with E-state index in [9.17, 15) is 0 Å². The molecule has 17 heavy (non-hydrogen) atoms. The van der Waals surface area contributed by atoms with Crippen LogP contribution in [0, 0.1) is 0 Å². The van der Waals surface area contributed by atoms with Crippen molar-refractivity contribution in [3.63, 3.8) is 0 Å². The monoisotopic (exact) mass is 228 g/mol. The molecule has 3 heterocycles. The third kappa shape index (κ3) is 1.66. The molecule has 1 fully saturated rings. The van der Waals surface area contributed by atoms with Crippen LogP contribution in [0.3, 0.4) is 0 Å². The Bertz CT molecular complexity index is 556. The van der Waals surface area contributed by atoms with Crippen molar-refractivity contribution in [1.29, 1.82) is 0 Å². The summed E-state index contributed by atoms with van der Waals surface area (Å²) in [7, 11) is 0. The number of fused-ring (bicyclic) bond motifs is 3. The molecule has 0 N–H and O–H groups in total. The zero-order chi connectivity index (χ0) is 11.2. The van der Waals surface area contributed by atoms with Crippen molar-refractivity contribution in [2.24, 2.45) is 0 Å². The third-order valence-corrected chi connectivity index (χ3v) is 3.79. The molecule has 0 bridgehead atoms. The number of hydrogen-bond acceptors (Lipinski definition) is 2. The molecule has 3 nitrogen and oxygen atoms in total. The first-order chi connectivity index (χ1) is 8.40. The molecule has 1 aromatic carbocycles. The van der Waals surface area contributed by atoms with E-state index in [0.717, 1.165) is 32.8 Å². The zero-order valence-corrected chi connectivity index (χ0v) is 9.80. The molecule has 88 valence electrons. The van der Waals surface area contributed by atoms with Crippen LogP contribution < -0.4 is 0 Å². The number of rotatable bonds is 2. The highest BCUT2D eigenvalue weighted by molar-refractivity contribution is 5.81. The van der Waals surface area contributed by atoms with Crippen molar-refractivity contribution in [1.82, 2.24) is 9.47 Å². The molecule has 1 unspecified atom stereocenters. The van der Waals surface area contributed by atoms with Gasteiger partial charge in [0.1, 0.15) is 0 Å². The van der Waals surface area contributed by atoms with Gasteiger partial charge in [-0.3, -0.25) is 4.90 Å². The lowest BCUT2D eigenvalue weighted by atomic mass is 10.2. The maximum absolute atomic E-state index is 5.31. The minimum absolute atomic E-state index is 0.505. The first kappa shape index (κ1) is 9.68. The average Bonchev–Trinajstić information content (AvgIpc) is 3.08. The van der Waals surface area contributed by atoms with Crippen LogP contribution in [0.4, 0.5) is 0 Å². The molecule has 2 aliphatic rings. The molecular weight excluding hydrogens is 212 g/mol. The van der Waals surface area contributed by atoms with Gasteiger partial charge in [0.2, 0.25) is 0 Å². The summed E-state index contributed by atoms with van der Waals surface area (Å²) in [6.07, 6.45) is 0.505. The van der Waals surface area contributed by atoms with Gasteiger partial charge in [0.15, 0.2) is 0 Å². The van der Waals surface area contributed by atoms with E-state index < -0.39 is 0 Å². The summed E-state index contributed by atoms with van der Waals surface area (Å²) in [5, 5.41) is 1.37. The molecule has 1 saturated heterocycles. The fourth-order valence-corrected chi connectivity index (χ4v) is 2.83. The number of nitrogens with zero attached hydrogens (tertiary/aromatic N) is 2. The van der Waals surface area contributed by atoms with Crippen LogP contribution in [0.15, 0.2) is 30.3 Å². The van der Waals surface area contributed by atoms with Crippen molar-refractivity contribution in [3.05, 3.63) is 36.0 Å². The average molecular weight is 228 g/mol. The molecule has 2 aliphatic heterocycles. The van der Waals surface area contributed by atoms with Crippen LogP contribution in [0.1, 0.15) is 5.69 Å². The first-order valence-corrected chi connectivity index (χ1v) is 6.31. The number of aromatic nitrogens is 1. The Morgan fingerprint density at radius 2 is 2.12 bits per heavy atom. The van der Waals surface area contributed by atoms with E-state index >= 15 is 0 Å².